The molecule has 140 valence electrons. The number of anilines is 1. The quantitative estimate of drug-likeness (QED) is 0.411. The highest BCUT2D eigenvalue weighted by molar-refractivity contribution is 7.19. The maximum atomic E-state index is 10.2. The maximum Gasteiger partial charge on any atom is 0.200 e. The summed E-state index contributed by atoms with van der Waals surface area (Å²) in [6.07, 6.45) is 0. The van der Waals surface area contributed by atoms with Gasteiger partial charge in [0.25, 0.3) is 0 Å². The first kappa shape index (κ1) is 17.9. The number of benzene rings is 2. The van der Waals surface area contributed by atoms with Crippen LogP contribution in [0.4, 0.5) is 15.8 Å². The number of hydrogen-bond acceptors (Lipinski definition) is 6. The third kappa shape index (κ3) is 3.65. The molecule has 0 unspecified atom stereocenters. The Morgan fingerprint density at radius 2 is 1.68 bits per heavy atom. The van der Waals surface area contributed by atoms with Crippen molar-refractivity contribution in [3.8, 4) is 28.4 Å². The number of aromatic amines is 1. The number of para-hydroxylation sites is 1. The van der Waals surface area contributed by atoms with Gasteiger partial charge in [-0.2, -0.15) is 0 Å². The SMILES string of the molecule is CN(C)c1ccc(/N=N/c2nc(-c3ccccc3O)[nH]c2-c2ccccc2)s1. The number of azo groups is 1. The minimum Gasteiger partial charge on any atom is -0.507 e. The molecule has 6 nitrogen and oxygen atoms in total. The summed E-state index contributed by atoms with van der Waals surface area (Å²) in [6.45, 7) is 0. The minimum atomic E-state index is 0.160. The molecule has 0 atom stereocenters. The number of aromatic hydroxyl groups is 1. The summed E-state index contributed by atoms with van der Waals surface area (Å²) in [5, 5.41) is 20.8. The molecule has 0 aliphatic rings. The molecule has 0 amide bonds. The maximum absolute atomic E-state index is 10.2. The van der Waals surface area contributed by atoms with Crippen LogP contribution in [-0.2, 0) is 0 Å². The van der Waals surface area contributed by atoms with Crippen molar-refractivity contribution in [1.29, 1.82) is 0 Å². The highest BCUT2D eigenvalue weighted by Crippen LogP contribution is 2.36. The van der Waals surface area contributed by atoms with E-state index in [0.29, 0.717) is 17.2 Å². The van der Waals surface area contributed by atoms with Crippen molar-refractivity contribution < 1.29 is 5.11 Å². The number of imidazole rings is 1. The van der Waals surface area contributed by atoms with E-state index in [4.69, 9.17) is 0 Å². The van der Waals surface area contributed by atoms with Crippen LogP contribution in [0.15, 0.2) is 77.0 Å². The third-order valence-corrected chi connectivity index (χ3v) is 5.31. The zero-order valence-electron chi connectivity index (χ0n) is 15.5. The molecule has 7 heteroatoms. The molecule has 0 aliphatic heterocycles. The van der Waals surface area contributed by atoms with Crippen LogP contribution in [0.3, 0.4) is 0 Å². The van der Waals surface area contributed by atoms with Crippen molar-refractivity contribution >= 4 is 27.2 Å². The molecule has 4 aromatic rings. The van der Waals surface area contributed by atoms with Gasteiger partial charge in [-0.05, 0) is 24.3 Å². The average molecular weight is 389 g/mol. The van der Waals surface area contributed by atoms with Crippen molar-refractivity contribution in [3.05, 3.63) is 66.7 Å². The van der Waals surface area contributed by atoms with E-state index in [1.54, 1.807) is 23.5 Å². The van der Waals surface area contributed by atoms with E-state index in [0.717, 1.165) is 21.3 Å². The van der Waals surface area contributed by atoms with Gasteiger partial charge in [0.1, 0.15) is 16.6 Å². The van der Waals surface area contributed by atoms with E-state index in [9.17, 15) is 5.11 Å². The molecule has 0 saturated carbocycles. The van der Waals surface area contributed by atoms with Gasteiger partial charge in [0, 0.05) is 19.7 Å². The molecule has 0 fully saturated rings. The van der Waals surface area contributed by atoms with Gasteiger partial charge in [0.05, 0.1) is 16.3 Å². The van der Waals surface area contributed by atoms with E-state index in [1.165, 1.54) is 0 Å². The number of phenols is 1. The standard InChI is InChI=1S/C21H19N5OS/c1-26(2)18-13-12-17(28-18)24-25-21-19(14-8-4-3-5-9-14)22-20(23-21)15-10-6-7-11-16(15)27/h3-13,27H,1-2H3,(H,22,23)/b25-24+. The topological polar surface area (TPSA) is 76.9 Å². The summed E-state index contributed by atoms with van der Waals surface area (Å²) in [5.41, 5.74) is 2.32. The third-order valence-electron chi connectivity index (χ3n) is 4.17. The average Bonchev–Trinajstić information content (AvgIpc) is 3.35. The lowest BCUT2D eigenvalue weighted by Gasteiger charge is -2.06. The molecule has 0 bridgehead atoms. The Kier molecular flexibility index (Phi) is 4.90. The molecular weight excluding hydrogens is 370 g/mol. The van der Waals surface area contributed by atoms with E-state index in [2.05, 4.69) is 20.2 Å². The highest BCUT2D eigenvalue weighted by atomic mass is 32.1. The molecule has 2 aromatic carbocycles. The summed E-state index contributed by atoms with van der Waals surface area (Å²) in [5.74, 6) is 1.18. The van der Waals surface area contributed by atoms with Gasteiger partial charge >= 0.3 is 0 Å². The predicted octanol–water partition coefficient (Wildman–Crippen LogP) is 5.99. The lowest BCUT2D eigenvalue weighted by molar-refractivity contribution is 0.477. The first-order valence-electron chi connectivity index (χ1n) is 8.74. The first-order valence-corrected chi connectivity index (χ1v) is 9.56. The highest BCUT2D eigenvalue weighted by Gasteiger charge is 2.15. The van der Waals surface area contributed by atoms with E-state index in [1.807, 2.05) is 73.6 Å². The van der Waals surface area contributed by atoms with Gasteiger partial charge in [-0.25, -0.2) is 4.98 Å². The van der Waals surface area contributed by atoms with Crippen molar-refractivity contribution in [2.75, 3.05) is 19.0 Å². The normalized spacial score (nSPS) is 11.2. The Hall–Kier alpha value is -3.45. The van der Waals surface area contributed by atoms with Crippen molar-refractivity contribution in [2.45, 2.75) is 0 Å². The summed E-state index contributed by atoms with van der Waals surface area (Å²) in [7, 11) is 3.99. The van der Waals surface area contributed by atoms with Gasteiger partial charge < -0.3 is 15.0 Å². The van der Waals surface area contributed by atoms with Crippen molar-refractivity contribution in [1.82, 2.24) is 9.97 Å². The number of rotatable bonds is 5. The van der Waals surface area contributed by atoms with Crippen LogP contribution in [0.2, 0.25) is 0 Å². The molecule has 0 spiro atoms. The second-order valence-electron chi connectivity index (χ2n) is 6.37. The molecule has 2 aromatic heterocycles. The fourth-order valence-corrected chi connectivity index (χ4v) is 3.50. The monoisotopic (exact) mass is 389 g/mol. The largest absolute Gasteiger partial charge is 0.507 e. The molecule has 2 N–H and O–H groups in total. The van der Waals surface area contributed by atoms with E-state index >= 15 is 0 Å². The zero-order chi connectivity index (χ0) is 19.5. The molecule has 2 heterocycles. The Bertz CT molecular complexity index is 1110. The van der Waals surface area contributed by atoms with Crippen LogP contribution >= 0.6 is 11.3 Å². The number of nitrogens with zero attached hydrogens (tertiary/aromatic N) is 4. The van der Waals surface area contributed by atoms with Gasteiger partial charge in [0.15, 0.2) is 0 Å². The summed E-state index contributed by atoms with van der Waals surface area (Å²) in [6, 6.07) is 20.9. The lowest BCUT2D eigenvalue weighted by atomic mass is 10.1. The smallest absolute Gasteiger partial charge is 0.200 e. The van der Waals surface area contributed by atoms with Gasteiger partial charge in [-0.1, -0.05) is 53.8 Å². The van der Waals surface area contributed by atoms with Crippen molar-refractivity contribution in [3.63, 3.8) is 0 Å². The second-order valence-corrected chi connectivity index (χ2v) is 7.41. The van der Waals surface area contributed by atoms with Crippen LogP contribution < -0.4 is 4.90 Å². The van der Waals surface area contributed by atoms with Crippen LogP contribution in [0.25, 0.3) is 22.6 Å². The number of phenolic OH excluding ortho intramolecular Hbond substituents is 1. The molecule has 0 radical (unpaired) electrons. The summed E-state index contributed by atoms with van der Waals surface area (Å²) in [4.78, 5) is 9.91. The van der Waals surface area contributed by atoms with Crippen LogP contribution in [-0.4, -0.2) is 29.2 Å². The Labute approximate surface area is 166 Å². The molecular formula is C21H19N5OS. The number of hydrogen-bond donors (Lipinski definition) is 2. The van der Waals surface area contributed by atoms with E-state index < -0.39 is 0 Å². The number of thiophene rings is 1. The first-order chi connectivity index (χ1) is 13.6. The van der Waals surface area contributed by atoms with Crippen LogP contribution in [0.5, 0.6) is 5.75 Å². The minimum absolute atomic E-state index is 0.160. The van der Waals surface area contributed by atoms with Gasteiger partial charge in [0.2, 0.25) is 5.82 Å². The predicted molar refractivity (Wildman–Crippen MR) is 114 cm³/mol. The molecule has 28 heavy (non-hydrogen) atoms. The fourth-order valence-electron chi connectivity index (χ4n) is 2.75. The summed E-state index contributed by atoms with van der Waals surface area (Å²) < 4.78 is 0. The Balaban J connectivity index is 1.76. The number of nitrogens with one attached hydrogen (secondary N) is 1. The molecule has 4 rings (SSSR count). The Morgan fingerprint density at radius 1 is 0.929 bits per heavy atom. The van der Waals surface area contributed by atoms with Gasteiger partial charge in [-0.15, -0.1) is 10.2 Å². The van der Waals surface area contributed by atoms with Gasteiger partial charge in [-0.3, -0.25) is 0 Å². The molecule has 0 saturated heterocycles. The number of aromatic nitrogens is 2. The zero-order valence-corrected chi connectivity index (χ0v) is 16.3. The van der Waals surface area contributed by atoms with Crippen LogP contribution in [0, 0.1) is 0 Å². The van der Waals surface area contributed by atoms with Crippen LogP contribution in [0.1, 0.15) is 0 Å². The fraction of sp³-hybridized carbons (Fsp3) is 0.0952. The second kappa shape index (κ2) is 7.66. The summed E-state index contributed by atoms with van der Waals surface area (Å²) >= 11 is 1.56. The van der Waals surface area contributed by atoms with Crippen molar-refractivity contribution in [2.24, 2.45) is 10.2 Å². The Morgan fingerprint density at radius 3 is 2.39 bits per heavy atom. The molecule has 0 aliphatic carbocycles. The number of H-pyrrole nitrogens is 1. The lowest BCUT2D eigenvalue weighted by Crippen LogP contribution is -2.05. The van der Waals surface area contributed by atoms with E-state index in [-0.39, 0.29) is 5.75 Å².